The lowest BCUT2D eigenvalue weighted by Crippen LogP contribution is -2.58. The molecule has 2 aromatic carbocycles. The summed E-state index contributed by atoms with van der Waals surface area (Å²) < 4.78 is 42.8. The zero-order valence-electron chi connectivity index (χ0n) is 34.3. The van der Waals surface area contributed by atoms with Crippen molar-refractivity contribution in [2.75, 3.05) is 14.1 Å². The third kappa shape index (κ3) is 7.58. The Morgan fingerprint density at radius 3 is 2.15 bits per heavy atom. The number of likely N-dealkylation sites (N-methyl/N-ethyl adjacent to an activating group) is 1. The van der Waals surface area contributed by atoms with Crippen LogP contribution in [0.3, 0.4) is 0 Å². The molecule has 13 atom stereocenters. The Bertz CT molecular complexity index is 2090. The van der Waals surface area contributed by atoms with Crippen molar-refractivity contribution in [3.05, 3.63) is 63.4 Å². The second-order valence-corrected chi connectivity index (χ2v) is 16.4. The molecule has 326 valence electrons. The summed E-state index contributed by atoms with van der Waals surface area (Å²) in [6.45, 7) is 7.77. The minimum absolute atomic E-state index is 0.0116. The van der Waals surface area contributed by atoms with E-state index in [1.54, 1.807) is 27.7 Å². The van der Waals surface area contributed by atoms with Gasteiger partial charge in [0.05, 0.1) is 46.8 Å². The van der Waals surface area contributed by atoms with E-state index >= 15 is 0 Å². The van der Waals surface area contributed by atoms with E-state index in [1.807, 2.05) is 19.0 Å². The molecule has 0 radical (unpaired) electrons. The van der Waals surface area contributed by atoms with Gasteiger partial charge in [0.15, 0.2) is 36.5 Å². The van der Waals surface area contributed by atoms with E-state index in [1.165, 1.54) is 24.3 Å². The molecular weight excluding hydrogens is 788 g/mol. The molecule has 7 rings (SSSR count). The van der Waals surface area contributed by atoms with Crippen LogP contribution in [-0.2, 0) is 42.7 Å². The predicted molar refractivity (Wildman–Crippen MR) is 206 cm³/mol. The molecule has 7 N–H and O–H groups in total. The lowest BCUT2D eigenvalue weighted by molar-refractivity contribution is -0.321. The van der Waals surface area contributed by atoms with Crippen LogP contribution in [0.5, 0.6) is 17.2 Å². The van der Waals surface area contributed by atoms with Crippen molar-refractivity contribution in [2.45, 2.75) is 140 Å². The number of aromatic hydroxyl groups is 3. The molecule has 2 saturated heterocycles. The van der Waals surface area contributed by atoms with Crippen LogP contribution < -0.4 is 5.73 Å². The van der Waals surface area contributed by atoms with Crippen molar-refractivity contribution in [3.8, 4) is 17.2 Å². The number of rotatable bonds is 9. The Morgan fingerprint density at radius 2 is 1.52 bits per heavy atom. The van der Waals surface area contributed by atoms with Gasteiger partial charge < -0.3 is 69.3 Å². The van der Waals surface area contributed by atoms with Crippen molar-refractivity contribution in [1.29, 1.82) is 0 Å². The zero-order valence-corrected chi connectivity index (χ0v) is 34.3. The second-order valence-electron chi connectivity index (χ2n) is 16.4. The monoisotopic (exact) mass is 840 g/mol. The molecule has 0 spiro atoms. The molecule has 0 aromatic heterocycles. The predicted octanol–water partition coefficient (Wildman–Crippen LogP) is 2.27. The van der Waals surface area contributed by atoms with Crippen molar-refractivity contribution >= 4 is 23.3 Å². The molecule has 3 aliphatic heterocycles. The van der Waals surface area contributed by atoms with Crippen molar-refractivity contribution in [1.82, 2.24) is 4.90 Å². The number of phenolic OH excluding ortho intramolecular Hbond substituents is 3. The number of ketones is 3. The highest BCUT2D eigenvalue weighted by molar-refractivity contribution is 6.31. The number of aliphatic hydroxyl groups is 2. The standard InChI is InChI=1S/C42H52N2O16/c1-8-42(53)15-26(30-33(40(42)57-19(5)45)37(52)31-32(36(30)51)35(50)29-20(34(31)49)10-9-11-23(29)46)58-27-13-22(44(6)7)38(17(3)54-27)59-28-14-25(48)39(18(4)55-28)60-41-21(43)12-24(47)16(2)56-41/h9-12,16-18,22,25-28,38-41,46,48,51-53H,8,13-15,43H2,1-7H3/t16-,17-,18+,22-,25-,26-,27-,28-,38+,39+,40+,41+,42+/m0/s1. The smallest absolute Gasteiger partial charge is 0.303 e. The summed E-state index contributed by atoms with van der Waals surface area (Å²) in [5, 5.41) is 57.8. The largest absolute Gasteiger partial charge is 0.507 e. The van der Waals surface area contributed by atoms with Gasteiger partial charge in [0.1, 0.15) is 41.2 Å². The lowest BCUT2D eigenvalue weighted by atomic mass is 9.70. The molecule has 0 bridgehead atoms. The number of carbonyl (C=O) groups excluding carboxylic acids is 4. The molecule has 5 aliphatic rings. The first-order valence-corrected chi connectivity index (χ1v) is 20.0. The minimum atomic E-state index is -1.90. The summed E-state index contributed by atoms with van der Waals surface area (Å²) in [5.41, 5.74) is 1.95. The van der Waals surface area contributed by atoms with Crippen molar-refractivity contribution < 1.29 is 77.9 Å². The van der Waals surface area contributed by atoms with E-state index in [4.69, 9.17) is 38.9 Å². The van der Waals surface area contributed by atoms with Gasteiger partial charge in [-0.15, -0.1) is 0 Å². The summed E-state index contributed by atoms with van der Waals surface area (Å²) >= 11 is 0. The molecule has 0 saturated carbocycles. The van der Waals surface area contributed by atoms with Gasteiger partial charge in [-0.1, -0.05) is 19.1 Å². The average molecular weight is 841 g/mol. The van der Waals surface area contributed by atoms with Crippen molar-refractivity contribution in [2.24, 2.45) is 5.73 Å². The first-order chi connectivity index (χ1) is 28.3. The number of hydrogen-bond acceptors (Lipinski definition) is 18. The molecular formula is C42H52N2O16. The van der Waals surface area contributed by atoms with Crippen LogP contribution in [0.4, 0.5) is 0 Å². The van der Waals surface area contributed by atoms with Gasteiger partial charge in [-0.05, 0) is 47.4 Å². The summed E-state index contributed by atoms with van der Waals surface area (Å²) in [4.78, 5) is 54.2. The molecule has 0 unspecified atom stereocenters. The quantitative estimate of drug-likeness (QED) is 0.133. The van der Waals surface area contributed by atoms with Crippen LogP contribution in [-0.4, -0.2) is 135 Å². The molecule has 3 heterocycles. The number of carbonyl (C=O) groups is 4. The first-order valence-electron chi connectivity index (χ1n) is 20.0. The number of nitrogens with two attached hydrogens (primary N) is 1. The van der Waals surface area contributed by atoms with Gasteiger partial charge in [0.2, 0.25) is 5.78 Å². The Hall–Kier alpha value is -4.50. The number of hydrogen-bond donors (Lipinski definition) is 6. The fourth-order valence-electron chi connectivity index (χ4n) is 9.01. The topological polar surface area (TPSA) is 263 Å². The van der Waals surface area contributed by atoms with Crippen LogP contribution in [0.25, 0.3) is 0 Å². The first kappa shape index (κ1) is 43.6. The Balaban J connectivity index is 1.15. The minimum Gasteiger partial charge on any atom is -0.507 e. The Morgan fingerprint density at radius 1 is 0.883 bits per heavy atom. The van der Waals surface area contributed by atoms with Gasteiger partial charge in [-0.25, -0.2) is 0 Å². The average Bonchev–Trinajstić information content (AvgIpc) is 3.17. The summed E-state index contributed by atoms with van der Waals surface area (Å²) in [6, 6.07) is 3.46. The third-order valence-corrected chi connectivity index (χ3v) is 12.2. The Labute approximate surface area is 345 Å². The number of benzene rings is 2. The van der Waals surface area contributed by atoms with Gasteiger partial charge in [-0.2, -0.15) is 0 Å². The highest BCUT2D eigenvalue weighted by atomic mass is 16.7. The highest BCUT2D eigenvalue weighted by Crippen LogP contribution is 2.57. The van der Waals surface area contributed by atoms with Crippen LogP contribution in [0, 0.1) is 0 Å². The van der Waals surface area contributed by atoms with E-state index in [0.29, 0.717) is 0 Å². The van der Waals surface area contributed by atoms with Crippen LogP contribution in [0.15, 0.2) is 30.0 Å². The number of ether oxygens (including phenoxy) is 7. The molecule has 18 nitrogen and oxygen atoms in total. The summed E-state index contributed by atoms with van der Waals surface area (Å²) in [5.74, 6) is -4.97. The van der Waals surface area contributed by atoms with Gasteiger partial charge >= 0.3 is 5.97 Å². The normalized spacial score (nSPS) is 35.4. The van der Waals surface area contributed by atoms with E-state index in [0.717, 1.165) is 6.92 Å². The fourth-order valence-corrected chi connectivity index (χ4v) is 9.01. The molecule has 2 aromatic rings. The summed E-state index contributed by atoms with van der Waals surface area (Å²) in [7, 11) is 3.66. The number of nitrogens with zero attached hydrogens (tertiary/aromatic N) is 1. The van der Waals surface area contributed by atoms with E-state index in [9.17, 15) is 44.7 Å². The SMILES string of the molecule is CC[C@@]1(O)C[C@H](O[C@H]2C[C@H](N(C)C)[C@H](O[C@H]3C[C@H](O)[C@H](O[C@H]4O[C@@H](C)C(=O)C=C4N)[C@@H](C)O3)[C@H](C)O2)c2c(O)c3c(c(O)c2[C@H]1OC(C)=O)C(=O)c1cccc(O)c1C3=O. The van der Waals surface area contributed by atoms with Crippen LogP contribution >= 0.6 is 0 Å². The molecule has 0 amide bonds. The Kier molecular flexibility index (Phi) is 11.9. The van der Waals surface area contributed by atoms with Gasteiger partial charge in [0, 0.05) is 55.0 Å². The van der Waals surface area contributed by atoms with Crippen LogP contribution in [0.2, 0.25) is 0 Å². The zero-order chi connectivity index (χ0) is 43.7. The highest BCUT2D eigenvalue weighted by Gasteiger charge is 2.54. The molecule has 2 aliphatic carbocycles. The summed E-state index contributed by atoms with van der Waals surface area (Å²) in [6.07, 6.45) is -9.52. The number of fused-ring (bicyclic) bond motifs is 3. The number of phenols is 3. The fraction of sp³-hybridized carbons (Fsp3) is 0.571. The molecule has 2 fully saturated rings. The maximum absolute atomic E-state index is 14.0. The third-order valence-electron chi connectivity index (χ3n) is 12.2. The number of esters is 1. The maximum atomic E-state index is 14.0. The van der Waals surface area contributed by atoms with Gasteiger partial charge in [0.25, 0.3) is 0 Å². The maximum Gasteiger partial charge on any atom is 0.303 e. The van der Waals surface area contributed by atoms with Crippen LogP contribution in [0.1, 0.15) is 115 Å². The number of aliphatic hydroxyl groups excluding tert-OH is 1. The van der Waals surface area contributed by atoms with Crippen molar-refractivity contribution in [3.63, 3.8) is 0 Å². The van der Waals surface area contributed by atoms with E-state index in [2.05, 4.69) is 0 Å². The van der Waals surface area contributed by atoms with E-state index in [-0.39, 0.29) is 59.4 Å². The van der Waals surface area contributed by atoms with E-state index < -0.39 is 125 Å². The lowest BCUT2D eigenvalue weighted by Gasteiger charge is -2.48. The molecule has 18 heteroatoms. The molecule has 60 heavy (non-hydrogen) atoms. The second kappa shape index (κ2) is 16.4. The van der Waals surface area contributed by atoms with Gasteiger partial charge in [-0.3, -0.25) is 19.2 Å².